The van der Waals surface area contributed by atoms with E-state index in [4.69, 9.17) is 0 Å². The number of aromatic nitrogens is 1. The lowest BCUT2D eigenvalue weighted by molar-refractivity contribution is -0.407. The molecule has 0 aromatic carbocycles. The fraction of sp³-hybridized carbons (Fsp3) is 0.200. The minimum absolute atomic E-state index is 0.0308. The lowest BCUT2D eigenvalue weighted by atomic mass is 10.4. The third-order valence-electron chi connectivity index (χ3n) is 1.01. The average molecular weight is 156 g/mol. The molecule has 6 nitrogen and oxygen atoms in total. The molecule has 0 amide bonds. The first-order valence-corrected chi connectivity index (χ1v) is 2.72. The summed E-state index contributed by atoms with van der Waals surface area (Å²) in [6.07, 6.45) is 0.959. The molecule has 6 heteroatoms. The van der Waals surface area contributed by atoms with E-state index in [1.807, 2.05) is 0 Å². The number of nitro groups is 1. The van der Waals surface area contributed by atoms with Gasteiger partial charge in [0.2, 0.25) is 5.78 Å². The topological polar surface area (TPSA) is 86.2 Å². The Balaban J connectivity index is 2.99. The molecule has 0 bridgehead atoms. The van der Waals surface area contributed by atoms with Crippen molar-refractivity contribution in [2.75, 3.05) is 0 Å². The number of carbonyl (C=O) groups is 1. The number of hydrogen-bond acceptors (Lipinski definition) is 5. The Bertz CT molecular complexity index is 275. The van der Waals surface area contributed by atoms with Gasteiger partial charge in [-0.2, -0.15) is 0 Å². The molecule has 0 N–H and O–H groups in total. The second-order valence-electron chi connectivity index (χ2n) is 1.83. The van der Waals surface area contributed by atoms with E-state index in [9.17, 15) is 14.9 Å². The molecule has 0 radical (unpaired) electrons. The van der Waals surface area contributed by atoms with Gasteiger partial charge in [-0.3, -0.25) is 4.79 Å². The van der Waals surface area contributed by atoms with E-state index in [2.05, 4.69) is 9.40 Å². The number of ketones is 1. The molecule has 0 aliphatic carbocycles. The van der Waals surface area contributed by atoms with Crippen LogP contribution < -0.4 is 0 Å². The second-order valence-corrected chi connectivity index (χ2v) is 1.83. The summed E-state index contributed by atoms with van der Waals surface area (Å²) in [5.74, 6) is -0.359. The first kappa shape index (κ1) is 7.39. The SMILES string of the molecule is CC(=O)c1coc([N+](=O)[O-])n1. The summed E-state index contributed by atoms with van der Waals surface area (Å²) in [7, 11) is 0. The molecule has 11 heavy (non-hydrogen) atoms. The van der Waals surface area contributed by atoms with E-state index in [0.29, 0.717) is 0 Å². The number of nitrogens with zero attached hydrogens (tertiary/aromatic N) is 2. The van der Waals surface area contributed by atoms with Gasteiger partial charge in [0.25, 0.3) is 5.69 Å². The van der Waals surface area contributed by atoms with Crippen molar-refractivity contribution in [1.82, 2.24) is 4.98 Å². The zero-order valence-electron chi connectivity index (χ0n) is 5.60. The predicted molar refractivity (Wildman–Crippen MR) is 33.2 cm³/mol. The molecule has 0 spiro atoms. The van der Waals surface area contributed by atoms with Gasteiger partial charge >= 0.3 is 6.01 Å². The lowest BCUT2D eigenvalue weighted by Gasteiger charge is -1.79. The van der Waals surface area contributed by atoms with Crippen LogP contribution in [-0.4, -0.2) is 15.7 Å². The molecular formula is C5H4N2O4. The highest BCUT2D eigenvalue weighted by atomic mass is 16.7. The van der Waals surface area contributed by atoms with Gasteiger partial charge in [-0.15, -0.1) is 0 Å². The maximum absolute atomic E-state index is 10.5. The van der Waals surface area contributed by atoms with Crippen LogP contribution in [0, 0.1) is 10.1 Å². The number of Topliss-reactive ketones (excluding diaryl/α,β-unsaturated/α-hetero) is 1. The van der Waals surface area contributed by atoms with Crippen molar-refractivity contribution in [3.8, 4) is 0 Å². The molecule has 0 saturated heterocycles. The van der Waals surface area contributed by atoms with E-state index in [1.54, 1.807) is 0 Å². The summed E-state index contributed by atoms with van der Waals surface area (Å²) in [5, 5.41) is 9.97. The van der Waals surface area contributed by atoms with Gasteiger partial charge in [0.1, 0.15) is 0 Å². The van der Waals surface area contributed by atoms with Crippen molar-refractivity contribution >= 4 is 11.8 Å². The van der Waals surface area contributed by atoms with Crippen LogP contribution in [0.5, 0.6) is 0 Å². The summed E-state index contributed by atoms with van der Waals surface area (Å²) in [6, 6.07) is -0.657. The molecule has 0 saturated carbocycles. The smallest absolute Gasteiger partial charge is 0.389 e. The van der Waals surface area contributed by atoms with Crippen LogP contribution in [0.2, 0.25) is 0 Å². The molecule has 1 aromatic rings. The van der Waals surface area contributed by atoms with Gasteiger partial charge in [0, 0.05) is 16.8 Å². The maximum atomic E-state index is 10.5. The third-order valence-corrected chi connectivity index (χ3v) is 1.01. The summed E-state index contributed by atoms with van der Waals surface area (Å²) in [4.78, 5) is 23.0. The van der Waals surface area contributed by atoms with E-state index in [0.717, 1.165) is 6.26 Å². The van der Waals surface area contributed by atoms with Crippen molar-refractivity contribution in [3.05, 3.63) is 22.1 Å². The van der Waals surface area contributed by atoms with Crippen LogP contribution >= 0.6 is 0 Å². The zero-order chi connectivity index (χ0) is 8.43. The summed E-state index contributed by atoms with van der Waals surface area (Å²) in [5.41, 5.74) is -0.0308. The highest BCUT2D eigenvalue weighted by Crippen LogP contribution is 2.09. The zero-order valence-corrected chi connectivity index (χ0v) is 5.60. The minimum atomic E-state index is -0.799. The van der Waals surface area contributed by atoms with Gasteiger partial charge in [-0.25, -0.2) is 0 Å². The first-order chi connectivity index (χ1) is 5.11. The van der Waals surface area contributed by atoms with Gasteiger partial charge < -0.3 is 14.5 Å². The van der Waals surface area contributed by atoms with Gasteiger partial charge in [0.05, 0.1) is 0 Å². The number of rotatable bonds is 2. The van der Waals surface area contributed by atoms with Crippen LogP contribution in [0.4, 0.5) is 6.01 Å². The highest BCUT2D eigenvalue weighted by Gasteiger charge is 2.18. The molecule has 0 atom stereocenters. The number of oxazole rings is 1. The highest BCUT2D eigenvalue weighted by molar-refractivity contribution is 5.91. The van der Waals surface area contributed by atoms with E-state index >= 15 is 0 Å². The molecule has 1 heterocycles. The molecule has 0 aliphatic heterocycles. The van der Waals surface area contributed by atoms with Crippen molar-refractivity contribution < 1.29 is 14.1 Å². The van der Waals surface area contributed by atoms with Gasteiger partial charge in [-0.05, 0) is 0 Å². The summed E-state index contributed by atoms with van der Waals surface area (Å²) >= 11 is 0. The van der Waals surface area contributed by atoms with E-state index < -0.39 is 10.9 Å². The van der Waals surface area contributed by atoms with Crippen LogP contribution in [0.3, 0.4) is 0 Å². The van der Waals surface area contributed by atoms with Crippen LogP contribution in [0.1, 0.15) is 17.4 Å². The van der Waals surface area contributed by atoms with Crippen molar-refractivity contribution in [2.45, 2.75) is 6.92 Å². The number of carbonyl (C=O) groups excluding carboxylic acids is 1. The predicted octanol–water partition coefficient (Wildman–Crippen LogP) is 0.785. The largest absolute Gasteiger partial charge is 0.546 e. The van der Waals surface area contributed by atoms with Crippen molar-refractivity contribution in [2.24, 2.45) is 0 Å². The van der Waals surface area contributed by atoms with Gasteiger partial charge in [0.15, 0.2) is 6.26 Å². The standard InChI is InChI=1S/C5H4N2O4/c1-3(8)4-2-11-5(6-4)7(9)10/h2H,1H3. The summed E-state index contributed by atoms with van der Waals surface area (Å²) in [6.45, 7) is 1.25. The van der Waals surface area contributed by atoms with Gasteiger partial charge in [-0.1, -0.05) is 0 Å². The molecule has 58 valence electrons. The Morgan fingerprint density at radius 3 is 2.73 bits per heavy atom. The van der Waals surface area contributed by atoms with Crippen LogP contribution in [0.25, 0.3) is 0 Å². The van der Waals surface area contributed by atoms with Crippen LogP contribution in [-0.2, 0) is 0 Å². The normalized spacial score (nSPS) is 9.55. The average Bonchev–Trinajstić information content (AvgIpc) is 2.33. The Hall–Kier alpha value is -1.72. The Kier molecular flexibility index (Phi) is 1.67. The van der Waals surface area contributed by atoms with Crippen LogP contribution in [0.15, 0.2) is 10.7 Å². The molecule has 1 rings (SSSR count). The molecular weight excluding hydrogens is 152 g/mol. The van der Waals surface area contributed by atoms with Crippen molar-refractivity contribution in [1.29, 1.82) is 0 Å². The molecule has 0 fully saturated rings. The second kappa shape index (κ2) is 2.49. The monoisotopic (exact) mass is 156 g/mol. The molecule has 0 unspecified atom stereocenters. The fourth-order valence-corrected chi connectivity index (χ4v) is 0.510. The maximum Gasteiger partial charge on any atom is 0.546 e. The molecule has 1 aromatic heterocycles. The quantitative estimate of drug-likeness (QED) is 0.358. The minimum Gasteiger partial charge on any atom is -0.389 e. The third kappa shape index (κ3) is 1.40. The van der Waals surface area contributed by atoms with E-state index in [1.165, 1.54) is 6.92 Å². The van der Waals surface area contributed by atoms with E-state index in [-0.39, 0.29) is 11.5 Å². The Labute approximate surface area is 61.0 Å². The Morgan fingerprint density at radius 2 is 2.45 bits per heavy atom. The number of hydrogen-bond donors (Lipinski definition) is 0. The summed E-state index contributed by atoms with van der Waals surface area (Å²) < 4.78 is 4.36. The Morgan fingerprint density at radius 1 is 1.82 bits per heavy atom. The fourth-order valence-electron chi connectivity index (χ4n) is 0.510. The lowest BCUT2D eigenvalue weighted by Crippen LogP contribution is -1.93. The van der Waals surface area contributed by atoms with Crippen molar-refractivity contribution in [3.63, 3.8) is 0 Å². The first-order valence-electron chi connectivity index (χ1n) is 2.72. The molecule has 0 aliphatic rings.